The van der Waals surface area contributed by atoms with Gasteiger partial charge in [-0.05, 0) is 45.8 Å². The van der Waals surface area contributed by atoms with Crippen molar-refractivity contribution in [1.82, 2.24) is 0 Å². The molecule has 0 amide bonds. The summed E-state index contributed by atoms with van der Waals surface area (Å²) in [6.45, 7) is 8.72. The molecule has 0 spiro atoms. The predicted molar refractivity (Wildman–Crippen MR) is 105 cm³/mol. The maximum Gasteiger partial charge on any atom is 0.161 e. The monoisotopic (exact) mass is 350 g/mol. The minimum absolute atomic E-state index is 0.407. The van der Waals surface area contributed by atoms with Gasteiger partial charge < -0.3 is 18.9 Å². The first-order valence-electron chi connectivity index (χ1n) is 8.49. The molecule has 0 saturated carbocycles. The lowest BCUT2D eigenvalue weighted by atomic mass is 10.0. The molecule has 0 radical (unpaired) electrons. The first-order valence-corrected chi connectivity index (χ1v) is 8.49. The minimum Gasteiger partial charge on any atom is -0.498 e. The second-order valence-electron chi connectivity index (χ2n) is 5.62. The van der Waals surface area contributed by atoms with E-state index < -0.39 is 0 Å². The summed E-state index contributed by atoms with van der Waals surface area (Å²) in [6.07, 6.45) is 2.81. The summed E-state index contributed by atoms with van der Waals surface area (Å²) in [7, 11) is 0. The zero-order valence-electron chi connectivity index (χ0n) is 14.6. The van der Waals surface area contributed by atoms with Crippen LogP contribution in [0.25, 0.3) is 21.5 Å². The van der Waals surface area contributed by atoms with E-state index in [2.05, 4.69) is 37.4 Å². The van der Waals surface area contributed by atoms with Crippen molar-refractivity contribution in [2.24, 2.45) is 0 Å². The van der Waals surface area contributed by atoms with Gasteiger partial charge in [0.25, 0.3) is 0 Å². The zero-order chi connectivity index (χ0) is 18.2. The number of hydrogen-bond donors (Lipinski definition) is 0. The van der Waals surface area contributed by atoms with Crippen LogP contribution in [0.1, 0.15) is 0 Å². The van der Waals surface area contributed by atoms with E-state index in [1.165, 1.54) is 23.3 Å². The van der Waals surface area contributed by atoms with Crippen LogP contribution in [0.5, 0.6) is 11.5 Å². The smallest absolute Gasteiger partial charge is 0.161 e. The normalized spacial score (nSPS) is 10.5. The molecule has 0 aliphatic carbocycles. The molecule has 0 N–H and O–H groups in total. The van der Waals surface area contributed by atoms with Gasteiger partial charge >= 0.3 is 0 Å². The summed E-state index contributed by atoms with van der Waals surface area (Å²) in [5, 5.41) is 4.57. The van der Waals surface area contributed by atoms with Crippen molar-refractivity contribution in [3.05, 3.63) is 74.2 Å². The Kier molecular flexibility index (Phi) is 5.99. The number of ether oxygens (including phenoxy) is 4. The number of hydrogen-bond acceptors (Lipinski definition) is 4. The molecule has 0 bridgehead atoms. The van der Waals surface area contributed by atoms with E-state index in [0.717, 1.165) is 10.8 Å². The first kappa shape index (κ1) is 17.7. The van der Waals surface area contributed by atoms with Gasteiger partial charge in [-0.15, -0.1) is 0 Å². The van der Waals surface area contributed by atoms with Gasteiger partial charge in [0, 0.05) is 0 Å². The van der Waals surface area contributed by atoms with E-state index in [9.17, 15) is 0 Å². The van der Waals surface area contributed by atoms with E-state index in [0.29, 0.717) is 37.9 Å². The van der Waals surface area contributed by atoms with Crippen molar-refractivity contribution in [2.45, 2.75) is 0 Å². The highest BCUT2D eigenvalue weighted by molar-refractivity contribution is 5.99. The highest BCUT2D eigenvalue weighted by Gasteiger charge is 2.09. The second-order valence-corrected chi connectivity index (χ2v) is 5.62. The van der Waals surface area contributed by atoms with Gasteiger partial charge in [-0.1, -0.05) is 37.4 Å². The third-order valence-corrected chi connectivity index (χ3v) is 3.92. The largest absolute Gasteiger partial charge is 0.498 e. The van der Waals surface area contributed by atoms with E-state index in [4.69, 9.17) is 18.9 Å². The molecule has 0 aromatic heterocycles. The van der Waals surface area contributed by atoms with Gasteiger partial charge in [-0.2, -0.15) is 0 Å². The van der Waals surface area contributed by atoms with Crippen molar-refractivity contribution in [3.63, 3.8) is 0 Å². The topological polar surface area (TPSA) is 36.9 Å². The zero-order valence-corrected chi connectivity index (χ0v) is 14.6. The Morgan fingerprint density at radius 1 is 0.615 bits per heavy atom. The van der Waals surface area contributed by atoms with Crippen LogP contribution in [0, 0.1) is 0 Å². The molecule has 0 fully saturated rings. The van der Waals surface area contributed by atoms with E-state index in [-0.39, 0.29) is 0 Å². The maximum atomic E-state index is 5.86. The SMILES string of the molecule is C=COCCOc1cc2cc3ccccc3cc2cc1OCCOC=C. The van der Waals surface area contributed by atoms with Gasteiger partial charge in [0.1, 0.15) is 26.4 Å². The molecular weight excluding hydrogens is 328 g/mol. The molecule has 0 aliphatic heterocycles. The lowest BCUT2D eigenvalue weighted by Crippen LogP contribution is -2.08. The predicted octanol–water partition coefficient (Wildman–Crippen LogP) is 5.07. The van der Waals surface area contributed by atoms with Crippen molar-refractivity contribution < 1.29 is 18.9 Å². The summed E-state index contributed by atoms with van der Waals surface area (Å²) >= 11 is 0. The molecule has 134 valence electrons. The van der Waals surface area contributed by atoms with E-state index in [1.807, 2.05) is 24.3 Å². The Labute approximate surface area is 153 Å². The van der Waals surface area contributed by atoms with Crippen molar-refractivity contribution in [3.8, 4) is 11.5 Å². The molecule has 3 aromatic rings. The molecule has 3 rings (SSSR count). The molecule has 3 aromatic carbocycles. The van der Waals surface area contributed by atoms with Crippen molar-refractivity contribution in [2.75, 3.05) is 26.4 Å². The van der Waals surface area contributed by atoms with Gasteiger partial charge in [0.05, 0.1) is 12.5 Å². The highest BCUT2D eigenvalue weighted by Crippen LogP contribution is 2.34. The van der Waals surface area contributed by atoms with Crippen LogP contribution < -0.4 is 9.47 Å². The average Bonchev–Trinajstić information content (AvgIpc) is 2.67. The summed E-state index contributed by atoms with van der Waals surface area (Å²) in [6, 6.07) is 16.6. The summed E-state index contributed by atoms with van der Waals surface area (Å²) in [5.41, 5.74) is 0. The van der Waals surface area contributed by atoms with Crippen LogP contribution in [0.2, 0.25) is 0 Å². The van der Waals surface area contributed by atoms with Gasteiger partial charge in [-0.25, -0.2) is 0 Å². The van der Waals surface area contributed by atoms with Gasteiger partial charge in [0.2, 0.25) is 0 Å². The lowest BCUT2D eigenvalue weighted by Gasteiger charge is -2.14. The first-order chi connectivity index (χ1) is 12.8. The highest BCUT2D eigenvalue weighted by atomic mass is 16.5. The Balaban J connectivity index is 1.91. The Morgan fingerprint density at radius 3 is 1.50 bits per heavy atom. The molecule has 0 unspecified atom stereocenters. The Hall–Kier alpha value is -3.14. The molecular formula is C22H22O4. The van der Waals surface area contributed by atoms with Crippen LogP contribution in [0.3, 0.4) is 0 Å². The number of fused-ring (bicyclic) bond motifs is 2. The van der Waals surface area contributed by atoms with Crippen LogP contribution in [0.15, 0.2) is 74.2 Å². The van der Waals surface area contributed by atoms with Crippen LogP contribution in [-0.4, -0.2) is 26.4 Å². The molecule has 4 heteroatoms. The molecule has 4 nitrogen and oxygen atoms in total. The fourth-order valence-electron chi connectivity index (χ4n) is 2.74. The van der Waals surface area contributed by atoms with Gasteiger partial charge in [0.15, 0.2) is 11.5 Å². The average molecular weight is 350 g/mol. The molecule has 26 heavy (non-hydrogen) atoms. The molecule has 0 aliphatic rings. The summed E-state index contributed by atoms with van der Waals surface area (Å²) < 4.78 is 22.0. The molecule has 0 saturated heterocycles. The van der Waals surface area contributed by atoms with E-state index in [1.54, 1.807) is 0 Å². The lowest BCUT2D eigenvalue weighted by molar-refractivity contribution is 0.161. The van der Waals surface area contributed by atoms with Crippen LogP contribution in [0.4, 0.5) is 0 Å². The van der Waals surface area contributed by atoms with Crippen LogP contribution in [-0.2, 0) is 9.47 Å². The minimum atomic E-state index is 0.407. The molecule has 0 atom stereocenters. The van der Waals surface area contributed by atoms with E-state index >= 15 is 0 Å². The van der Waals surface area contributed by atoms with Crippen LogP contribution >= 0.6 is 0 Å². The summed E-state index contributed by atoms with van der Waals surface area (Å²) in [5.74, 6) is 1.36. The summed E-state index contributed by atoms with van der Waals surface area (Å²) in [4.78, 5) is 0. The third-order valence-electron chi connectivity index (χ3n) is 3.92. The quantitative estimate of drug-likeness (QED) is 0.291. The fraction of sp³-hybridized carbons (Fsp3) is 0.182. The number of benzene rings is 3. The number of rotatable bonds is 10. The standard InChI is InChI=1S/C22H22O4/c1-3-23-9-11-25-21-15-19-13-17-7-5-6-8-18(17)14-20(19)16-22(21)26-12-10-24-4-2/h3-8,13-16H,1-2,9-12H2. The maximum absolute atomic E-state index is 5.86. The Morgan fingerprint density at radius 2 is 1.08 bits per heavy atom. The van der Waals surface area contributed by atoms with Crippen molar-refractivity contribution >= 4 is 21.5 Å². The van der Waals surface area contributed by atoms with Gasteiger partial charge in [-0.3, -0.25) is 0 Å². The Bertz CT molecular complexity index is 827. The third kappa shape index (κ3) is 4.28. The van der Waals surface area contributed by atoms with Crippen molar-refractivity contribution in [1.29, 1.82) is 0 Å². The second kappa shape index (κ2) is 8.81. The molecule has 0 heterocycles. The fourth-order valence-corrected chi connectivity index (χ4v) is 2.74.